The Balaban J connectivity index is 2.87. The van der Waals surface area contributed by atoms with Gasteiger partial charge in [0.25, 0.3) is 0 Å². The topological polar surface area (TPSA) is 26.3 Å². The maximum atomic E-state index is 11.2. The molecular formula is C7H6BrClO2S. The Hall–Kier alpha value is -0.0600. The molecule has 2 nitrogen and oxygen atoms in total. The van der Waals surface area contributed by atoms with Crippen molar-refractivity contribution >= 4 is 44.8 Å². The molecule has 0 radical (unpaired) electrons. The van der Waals surface area contributed by atoms with Crippen molar-refractivity contribution in [2.24, 2.45) is 0 Å². The fourth-order valence-corrected chi connectivity index (χ4v) is 2.71. The molecule has 0 aliphatic heterocycles. The molecule has 0 N–H and O–H groups in total. The minimum absolute atomic E-state index is 0.340. The fourth-order valence-electron chi connectivity index (χ4n) is 0.688. The number of rotatable bonds is 2. The zero-order valence-corrected chi connectivity index (χ0v) is 9.42. The second kappa shape index (κ2) is 4.25. The van der Waals surface area contributed by atoms with Gasteiger partial charge in [-0.1, -0.05) is 11.6 Å². The number of esters is 1. The number of hydrogen-bond donors (Lipinski definition) is 0. The summed E-state index contributed by atoms with van der Waals surface area (Å²) in [5.74, 6) is -0.340. The highest BCUT2D eigenvalue weighted by Gasteiger charge is 2.14. The molecule has 12 heavy (non-hydrogen) atoms. The Morgan fingerprint density at radius 1 is 1.83 bits per heavy atom. The number of hydrogen-bond acceptors (Lipinski definition) is 3. The molecule has 0 spiro atoms. The summed E-state index contributed by atoms with van der Waals surface area (Å²) in [6, 6.07) is 1.59. The van der Waals surface area contributed by atoms with E-state index < -0.39 is 0 Å². The van der Waals surface area contributed by atoms with E-state index in [2.05, 4.69) is 15.9 Å². The molecule has 1 heterocycles. The highest BCUT2D eigenvalue weighted by molar-refractivity contribution is 9.11. The van der Waals surface area contributed by atoms with Gasteiger partial charge in [0, 0.05) is 0 Å². The van der Waals surface area contributed by atoms with Gasteiger partial charge < -0.3 is 4.74 Å². The molecule has 0 saturated heterocycles. The van der Waals surface area contributed by atoms with Crippen LogP contribution in [0.25, 0.3) is 0 Å². The van der Waals surface area contributed by atoms with Gasteiger partial charge in [0.15, 0.2) is 0 Å². The molecule has 0 saturated carbocycles. The van der Waals surface area contributed by atoms with E-state index in [0.29, 0.717) is 20.3 Å². The molecular weight excluding hydrogens is 263 g/mol. The monoisotopic (exact) mass is 268 g/mol. The van der Waals surface area contributed by atoms with Crippen LogP contribution in [0.2, 0.25) is 4.34 Å². The Morgan fingerprint density at radius 2 is 2.50 bits per heavy atom. The van der Waals surface area contributed by atoms with Gasteiger partial charge in [-0.2, -0.15) is 0 Å². The maximum Gasteiger partial charge on any atom is 0.340 e. The van der Waals surface area contributed by atoms with Crippen molar-refractivity contribution in [1.29, 1.82) is 0 Å². The summed E-state index contributed by atoms with van der Waals surface area (Å²) in [6.07, 6.45) is 0. The first-order valence-corrected chi connectivity index (χ1v) is 5.26. The first kappa shape index (κ1) is 10.0. The Bertz CT molecular complexity index is 298. The fraction of sp³-hybridized carbons (Fsp3) is 0.286. The predicted molar refractivity (Wildman–Crippen MR) is 53.0 cm³/mol. The predicted octanol–water partition coefficient (Wildman–Crippen LogP) is 3.34. The van der Waals surface area contributed by atoms with Crippen LogP contribution in [0, 0.1) is 0 Å². The summed E-state index contributed by atoms with van der Waals surface area (Å²) in [4.78, 5) is 11.2. The van der Waals surface area contributed by atoms with Crippen LogP contribution in [0.4, 0.5) is 0 Å². The minimum Gasteiger partial charge on any atom is -0.462 e. The molecule has 1 aromatic heterocycles. The average Bonchev–Trinajstić information content (AvgIpc) is 2.30. The minimum atomic E-state index is -0.340. The van der Waals surface area contributed by atoms with Gasteiger partial charge in [0.1, 0.15) is 0 Å². The largest absolute Gasteiger partial charge is 0.462 e. The van der Waals surface area contributed by atoms with Crippen LogP contribution in [0.3, 0.4) is 0 Å². The summed E-state index contributed by atoms with van der Waals surface area (Å²) >= 11 is 10.2. The van der Waals surface area contributed by atoms with Crippen molar-refractivity contribution in [2.45, 2.75) is 6.92 Å². The van der Waals surface area contributed by atoms with E-state index in [9.17, 15) is 4.79 Å². The second-order valence-electron chi connectivity index (χ2n) is 1.96. The first-order valence-electron chi connectivity index (χ1n) is 3.27. The summed E-state index contributed by atoms with van der Waals surface area (Å²) < 4.78 is 6.09. The number of halogens is 2. The lowest BCUT2D eigenvalue weighted by molar-refractivity contribution is 0.0526. The molecule has 0 aliphatic rings. The van der Waals surface area contributed by atoms with Crippen LogP contribution in [0.5, 0.6) is 0 Å². The molecule has 1 aromatic rings. The second-order valence-corrected chi connectivity index (χ2v) is 4.96. The van der Waals surface area contributed by atoms with Crippen molar-refractivity contribution < 1.29 is 9.53 Å². The molecule has 1 rings (SSSR count). The van der Waals surface area contributed by atoms with E-state index in [0.717, 1.165) is 0 Å². The van der Waals surface area contributed by atoms with Crippen LogP contribution in [-0.4, -0.2) is 12.6 Å². The molecule has 0 aromatic carbocycles. The normalized spacial score (nSPS) is 9.92. The molecule has 66 valence electrons. The molecule has 0 bridgehead atoms. The van der Waals surface area contributed by atoms with Gasteiger partial charge in [-0.3, -0.25) is 0 Å². The molecule has 0 unspecified atom stereocenters. The van der Waals surface area contributed by atoms with E-state index in [1.165, 1.54) is 11.3 Å². The van der Waals surface area contributed by atoms with Crippen molar-refractivity contribution in [3.05, 3.63) is 19.8 Å². The van der Waals surface area contributed by atoms with E-state index >= 15 is 0 Å². The van der Waals surface area contributed by atoms with E-state index in [-0.39, 0.29) is 5.97 Å². The summed E-state index contributed by atoms with van der Waals surface area (Å²) in [5, 5.41) is 0. The standard InChI is InChI=1S/C7H6BrClO2S/c1-2-11-7(10)4-3-5(9)12-6(4)8/h3H,2H2,1H3. The maximum absolute atomic E-state index is 11.2. The number of ether oxygens (including phenoxy) is 1. The van der Waals surface area contributed by atoms with Crippen LogP contribution < -0.4 is 0 Å². The third kappa shape index (κ3) is 2.21. The summed E-state index contributed by atoms with van der Waals surface area (Å²) in [6.45, 7) is 2.14. The highest BCUT2D eigenvalue weighted by Crippen LogP contribution is 2.31. The molecule has 5 heteroatoms. The Kier molecular flexibility index (Phi) is 3.55. The van der Waals surface area contributed by atoms with Crippen molar-refractivity contribution in [3.63, 3.8) is 0 Å². The lowest BCUT2D eigenvalue weighted by Gasteiger charge is -1.97. The number of carbonyl (C=O) groups is 1. The molecule has 0 fully saturated rings. The molecule has 0 atom stereocenters. The Labute approximate surface area is 87.6 Å². The number of carbonyl (C=O) groups excluding carboxylic acids is 1. The SMILES string of the molecule is CCOC(=O)c1cc(Cl)sc1Br. The third-order valence-electron chi connectivity index (χ3n) is 1.15. The Morgan fingerprint density at radius 3 is 2.92 bits per heavy atom. The van der Waals surface area contributed by atoms with Crippen molar-refractivity contribution in [3.8, 4) is 0 Å². The summed E-state index contributed by atoms with van der Waals surface area (Å²) in [7, 11) is 0. The van der Waals surface area contributed by atoms with Gasteiger partial charge in [-0.25, -0.2) is 4.79 Å². The van der Waals surface area contributed by atoms with Crippen LogP contribution in [0.15, 0.2) is 9.85 Å². The smallest absolute Gasteiger partial charge is 0.340 e. The van der Waals surface area contributed by atoms with Crippen LogP contribution >= 0.6 is 38.9 Å². The molecule has 0 amide bonds. The van der Waals surface area contributed by atoms with Gasteiger partial charge in [0.05, 0.1) is 20.3 Å². The highest BCUT2D eigenvalue weighted by atomic mass is 79.9. The zero-order chi connectivity index (χ0) is 9.14. The first-order chi connectivity index (χ1) is 5.65. The number of thiophene rings is 1. The molecule has 0 aliphatic carbocycles. The zero-order valence-electron chi connectivity index (χ0n) is 6.27. The lowest BCUT2D eigenvalue weighted by Crippen LogP contribution is -2.03. The van der Waals surface area contributed by atoms with Gasteiger partial charge in [-0.05, 0) is 28.9 Å². The van der Waals surface area contributed by atoms with Gasteiger partial charge in [0.2, 0.25) is 0 Å². The average molecular weight is 270 g/mol. The van der Waals surface area contributed by atoms with Gasteiger partial charge >= 0.3 is 5.97 Å². The van der Waals surface area contributed by atoms with Crippen molar-refractivity contribution in [2.75, 3.05) is 6.61 Å². The lowest BCUT2D eigenvalue weighted by atomic mass is 10.3. The van der Waals surface area contributed by atoms with Crippen LogP contribution in [0.1, 0.15) is 17.3 Å². The van der Waals surface area contributed by atoms with Gasteiger partial charge in [-0.15, -0.1) is 11.3 Å². The quantitative estimate of drug-likeness (QED) is 0.770. The third-order valence-corrected chi connectivity index (χ3v) is 3.12. The summed E-state index contributed by atoms with van der Waals surface area (Å²) in [5.41, 5.74) is 0.492. The van der Waals surface area contributed by atoms with Crippen LogP contribution in [-0.2, 0) is 4.74 Å². The van der Waals surface area contributed by atoms with E-state index in [1.807, 2.05) is 0 Å². The van der Waals surface area contributed by atoms with E-state index in [4.69, 9.17) is 16.3 Å². The van der Waals surface area contributed by atoms with Crippen molar-refractivity contribution in [1.82, 2.24) is 0 Å². The van der Waals surface area contributed by atoms with E-state index in [1.54, 1.807) is 13.0 Å².